The number of nitrogens with one attached hydrogen (secondary N) is 1. The van der Waals surface area contributed by atoms with Crippen LogP contribution >= 0.6 is 23.1 Å². The number of nitrogens with zero attached hydrogens (tertiary/aromatic N) is 2. The molecular weight excluding hydrogens is 354 g/mol. The highest BCUT2D eigenvalue weighted by atomic mass is 32.2. The molecule has 1 atom stereocenters. The fourth-order valence-electron chi connectivity index (χ4n) is 2.27. The molecule has 1 N–H and O–H groups in total. The summed E-state index contributed by atoms with van der Waals surface area (Å²) in [6, 6.07) is 17.1. The zero-order valence-electron chi connectivity index (χ0n) is 13.6. The van der Waals surface area contributed by atoms with Crippen molar-refractivity contribution in [2.24, 2.45) is 0 Å². The molecule has 25 heavy (non-hydrogen) atoms. The van der Waals surface area contributed by atoms with E-state index in [4.69, 9.17) is 4.74 Å². The SMILES string of the molecule is CCOc1ccccc1NC(=O)[C@H](Sc1nncs1)c1ccccc1. The van der Waals surface area contributed by atoms with E-state index >= 15 is 0 Å². The van der Waals surface area contributed by atoms with Crippen LogP contribution in [0.15, 0.2) is 64.4 Å². The lowest BCUT2D eigenvalue weighted by Gasteiger charge is -2.17. The summed E-state index contributed by atoms with van der Waals surface area (Å²) in [5.74, 6) is 0.532. The summed E-state index contributed by atoms with van der Waals surface area (Å²) in [6.07, 6.45) is 0. The lowest BCUT2D eigenvalue weighted by Crippen LogP contribution is -2.19. The third-order valence-corrected chi connectivity index (χ3v) is 5.41. The number of hydrogen-bond acceptors (Lipinski definition) is 6. The lowest BCUT2D eigenvalue weighted by atomic mass is 10.1. The van der Waals surface area contributed by atoms with Gasteiger partial charge in [-0.25, -0.2) is 0 Å². The topological polar surface area (TPSA) is 64.1 Å². The molecule has 2 aromatic carbocycles. The van der Waals surface area contributed by atoms with Crippen LogP contribution in [0.25, 0.3) is 0 Å². The summed E-state index contributed by atoms with van der Waals surface area (Å²) in [5.41, 5.74) is 3.23. The van der Waals surface area contributed by atoms with Crippen LogP contribution in [0.3, 0.4) is 0 Å². The molecule has 0 fully saturated rings. The molecule has 5 nitrogen and oxygen atoms in total. The molecule has 0 spiro atoms. The van der Waals surface area contributed by atoms with Gasteiger partial charge < -0.3 is 10.1 Å². The second-order valence-corrected chi connectivity index (χ2v) is 7.22. The maximum atomic E-state index is 13.0. The molecule has 1 heterocycles. The van der Waals surface area contributed by atoms with Crippen LogP contribution < -0.4 is 10.1 Å². The maximum Gasteiger partial charge on any atom is 0.242 e. The van der Waals surface area contributed by atoms with Crippen molar-refractivity contribution in [3.63, 3.8) is 0 Å². The number of carbonyl (C=O) groups excluding carboxylic acids is 1. The molecule has 0 aliphatic carbocycles. The third-order valence-electron chi connectivity index (χ3n) is 3.34. The number of carbonyl (C=O) groups is 1. The Labute approximate surface area is 154 Å². The van der Waals surface area contributed by atoms with Gasteiger partial charge >= 0.3 is 0 Å². The van der Waals surface area contributed by atoms with Crippen LogP contribution in [-0.4, -0.2) is 22.7 Å². The number of rotatable bonds is 7. The van der Waals surface area contributed by atoms with E-state index < -0.39 is 5.25 Å². The largest absolute Gasteiger partial charge is 0.492 e. The smallest absolute Gasteiger partial charge is 0.242 e. The second-order valence-electron chi connectivity index (χ2n) is 5.03. The fraction of sp³-hybridized carbons (Fsp3) is 0.167. The Morgan fingerprint density at radius 1 is 1.20 bits per heavy atom. The zero-order valence-corrected chi connectivity index (χ0v) is 15.2. The van der Waals surface area contributed by atoms with E-state index in [1.165, 1.54) is 23.1 Å². The Morgan fingerprint density at radius 2 is 1.96 bits per heavy atom. The van der Waals surface area contributed by atoms with E-state index in [9.17, 15) is 4.79 Å². The average molecular weight is 371 g/mol. The van der Waals surface area contributed by atoms with E-state index in [1.54, 1.807) is 5.51 Å². The molecule has 0 saturated heterocycles. The highest BCUT2D eigenvalue weighted by molar-refractivity contribution is 8.01. The second kappa shape index (κ2) is 8.64. The van der Waals surface area contributed by atoms with Gasteiger partial charge in [-0.3, -0.25) is 4.79 Å². The number of benzene rings is 2. The molecule has 0 aliphatic heterocycles. The number of ether oxygens (including phenoxy) is 1. The van der Waals surface area contributed by atoms with Crippen molar-refractivity contribution in [3.8, 4) is 5.75 Å². The lowest BCUT2D eigenvalue weighted by molar-refractivity contribution is -0.115. The van der Waals surface area contributed by atoms with Gasteiger partial charge in [0.2, 0.25) is 5.91 Å². The Kier molecular flexibility index (Phi) is 6.03. The molecule has 0 aliphatic rings. The minimum Gasteiger partial charge on any atom is -0.492 e. The summed E-state index contributed by atoms with van der Waals surface area (Å²) in [4.78, 5) is 13.0. The standard InChI is InChI=1S/C18H17N3O2S2/c1-2-23-15-11-7-6-10-14(15)20-17(22)16(13-8-4-3-5-9-13)25-18-21-19-12-24-18/h3-12,16H,2H2,1H3,(H,20,22)/t16-/m1/s1. The average Bonchev–Trinajstić information content (AvgIpc) is 3.15. The van der Waals surface area contributed by atoms with Crippen molar-refractivity contribution in [1.82, 2.24) is 10.2 Å². The van der Waals surface area contributed by atoms with Gasteiger partial charge in [-0.15, -0.1) is 10.2 Å². The number of thioether (sulfide) groups is 1. The van der Waals surface area contributed by atoms with Crippen LogP contribution in [0.1, 0.15) is 17.7 Å². The summed E-state index contributed by atoms with van der Waals surface area (Å²) in [7, 11) is 0. The van der Waals surface area contributed by atoms with Gasteiger partial charge in [0, 0.05) is 0 Å². The minimum atomic E-state index is -0.427. The molecule has 0 radical (unpaired) electrons. The van der Waals surface area contributed by atoms with Gasteiger partial charge in [-0.1, -0.05) is 65.6 Å². The van der Waals surface area contributed by atoms with Crippen molar-refractivity contribution >= 4 is 34.7 Å². The van der Waals surface area contributed by atoms with Gasteiger partial charge in [-0.2, -0.15) is 0 Å². The van der Waals surface area contributed by atoms with Gasteiger partial charge in [0.05, 0.1) is 12.3 Å². The predicted molar refractivity (Wildman–Crippen MR) is 101 cm³/mol. The minimum absolute atomic E-state index is 0.126. The molecule has 3 aromatic rings. The zero-order chi connectivity index (χ0) is 17.5. The summed E-state index contributed by atoms with van der Waals surface area (Å²) < 4.78 is 6.34. The van der Waals surface area contributed by atoms with E-state index in [1.807, 2.05) is 61.5 Å². The van der Waals surface area contributed by atoms with Gasteiger partial charge in [0.1, 0.15) is 16.5 Å². The molecule has 1 amide bonds. The predicted octanol–water partition coefficient (Wildman–Crippen LogP) is 4.41. The first-order valence-electron chi connectivity index (χ1n) is 7.78. The normalized spacial score (nSPS) is 11.7. The van der Waals surface area contributed by atoms with Crippen molar-refractivity contribution < 1.29 is 9.53 Å². The summed E-state index contributed by atoms with van der Waals surface area (Å²) in [6.45, 7) is 2.45. The van der Waals surface area contributed by atoms with Crippen LogP contribution in [0.4, 0.5) is 5.69 Å². The number of anilines is 1. The van der Waals surface area contributed by atoms with Gasteiger partial charge in [0.25, 0.3) is 0 Å². The van der Waals surface area contributed by atoms with Gasteiger partial charge in [-0.05, 0) is 24.6 Å². The van der Waals surface area contributed by atoms with E-state index in [2.05, 4.69) is 15.5 Å². The molecule has 1 aromatic heterocycles. The van der Waals surface area contributed by atoms with Crippen LogP contribution in [0.5, 0.6) is 5.75 Å². The molecule has 3 rings (SSSR count). The Bertz CT molecular complexity index is 810. The third kappa shape index (κ3) is 4.58. The van der Waals surface area contributed by atoms with Crippen molar-refractivity contribution in [2.45, 2.75) is 16.5 Å². The van der Waals surface area contributed by atoms with Crippen LogP contribution in [-0.2, 0) is 4.79 Å². The molecule has 0 bridgehead atoms. The molecule has 7 heteroatoms. The Morgan fingerprint density at radius 3 is 2.68 bits per heavy atom. The highest BCUT2D eigenvalue weighted by Gasteiger charge is 2.24. The number of para-hydroxylation sites is 2. The Balaban J connectivity index is 1.84. The number of hydrogen-bond donors (Lipinski definition) is 1. The Hall–Kier alpha value is -2.38. The maximum absolute atomic E-state index is 13.0. The molecular formula is C18H17N3O2S2. The van der Waals surface area contributed by atoms with Gasteiger partial charge in [0.15, 0.2) is 4.34 Å². The van der Waals surface area contributed by atoms with Crippen molar-refractivity contribution in [1.29, 1.82) is 0 Å². The monoisotopic (exact) mass is 371 g/mol. The van der Waals surface area contributed by atoms with E-state index in [0.29, 0.717) is 18.0 Å². The molecule has 0 saturated carbocycles. The quantitative estimate of drug-likeness (QED) is 0.623. The van der Waals surface area contributed by atoms with E-state index in [-0.39, 0.29) is 5.91 Å². The van der Waals surface area contributed by atoms with Crippen molar-refractivity contribution in [2.75, 3.05) is 11.9 Å². The van der Waals surface area contributed by atoms with Crippen molar-refractivity contribution in [3.05, 3.63) is 65.7 Å². The first-order valence-corrected chi connectivity index (χ1v) is 9.54. The first-order chi connectivity index (χ1) is 12.3. The number of amides is 1. The van der Waals surface area contributed by atoms with Crippen LogP contribution in [0.2, 0.25) is 0 Å². The van der Waals surface area contributed by atoms with Crippen LogP contribution in [0, 0.1) is 0 Å². The fourth-order valence-corrected chi connectivity index (χ4v) is 3.94. The molecule has 0 unspecified atom stereocenters. The van der Waals surface area contributed by atoms with E-state index in [0.717, 1.165) is 9.90 Å². The number of aromatic nitrogens is 2. The molecule has 128 valence electrons. The first kappa shape index (κ1) is 17.4. The highest BCUT2D eigenvalue weighted by Crippen LogP contribution is 2.37. The summed E-state index contributed by atoms with van der Waals surface area (Å²) in [5, 5.41) is 10.4. The summed E-state index contributed by atoms with van der Waals surface area (Å²) >= 11 is 2.80.